The van der Waals surface area contributed by atoms with Gasteiger partial charge >= 0.3 is 0 Å². The molecule has 13 heavy (non-hydrogen) atoms. The van der Waals surface area contributed by atoms with Gasteiger partial charge in [-0.1, -0.05) is 43.3 Å². The fraction of sp³-hybridized carbons (Fsp3) is 0.250. The summed E-state index contributed by atoms with van der Waals surface area (Å²) in [5.41, 5.74) is 3.06. The lowest BCUT2D eigenvalue weighted by molar-refractivity contribution is 0.899. The first-order chi connectivity index (χ1) is 6.15. The van der Waals surface area contributed by atoms with Gasteiger partial charge in [-0.15, -0.1) is 0 Å². The maximum atomic E-state index is 6.81. The van der Waals surface area contributed by atoms with E-state index in [0.717, 1.165) is 5.57 Å². The number of allylic oxidation sites excluding steroid dienone is 1. The highest BCUT2D eigenvalue weighted by Gasteiger charge is 2.04. The largest absolute Gasteiger partial charge is 0.238 e. The number of hydrogen-bond donors (Lipinski definition) is 0. The van der Waals surface area contributed by atoms with Gasteiger partial charge in [0.15, 0.2) is 5.69 Å². The lowest BCUT2D eigenvalue weighted by Crippen LogP contribution is -1.92. The summed E-state index contributed by atoms with van der Waals surface area (Å²) < 4.78 is 0. The van der Waals surface area contributed by atoms with Crippen molar-refractivity contribution in [3.63, 3.8) is 0 Å². The molecule has 1 aromatic rings. The molecular weight excluding hydrogens is 158 g/mol. The van der Waals surface area contributed by atoms with Gasteiger partial charge in [0.1, 0.15) is 0 Å². The normalized spacial score (nSPS) is 11.8. The Bertz CT molecular complexity index is 340. The average Bonchev–Trinajstić information content (AvgIpc) is 2.17. The SMILES string of the molecule is [C-]#[N+]c1ccc(C(C)C(=C)C)cc1. The zero-order valence-electron chi connectivity index (χ0n) is 8.04. The molecule has 0 aliphatic heterocycles. The van der Waals surface area contributed by atoms with Gasteiger partial charge in [0.2, 0.25) is 0 Å². The van der Waals surface area contributed by atoms with Gasteiger partial charge in [-0.2, -0.15) is 0 Å². The highest BCUT2D eigenvalue weighted by molar-refractivity contribution is 5.46. The second-order valence-corrected chi connectivity index (χ2v) is 3.27. The van der Waals surface area contributed by atoms with Crippen molar-refractivity contribution in [2.24, 2.45) is 0 Å². The van der Waals surface area contributed by atoms with Gasteiger partial charge in [0.25, 0.3) is 0 Å². The third-order valence-electron chi connectivity index (χ3n) is 2.26. The zero-order chi connectivity index (χ0) is 9.84. The van der Waals surface area contributed by atoms with Crippen molar-refractivity contribution in [2.75, 3.05) is 0 Å². The maximum absolute atomic E-state index is 6.81. The van der Waals surface area contributed by atoms with Crippen LogP contribution in [-0.4, -0.2) is 0 Å². The Hall–Kier alpha value is -1.55. The van der Waals surface area contributed by atoms with Crippen LogP contribution >= 0.6 is 0 Å². The number of nitrogens with zero attached hydrogens (tertiary/aromatic N) is 1. The standard InChI is InChI=1S/C12H13N/c1-9(2)10(3)11-5-7-12(13-4)8-6-11/h5-8,10H,1H2,2-3H3. The molecule has 1 heteroatoms. The molecule has 1 rings (SSSR count). The van der Waals surface area contributed by atoms with Gasteiger partial charge < -0.3 is 0 Å². The van der Waals surface area contributed by atoms with Crippen molar-refractivity contribution in [1.29, 1.82) is 0 Å². The smallest absolute Gasteiger partial charge is 0.187 e. The summed E-state index contributed by atoms with van der Waals surface area (Å²) in [5, 5.41) is 0. The molecule has 0 saturated carbocycles. The van der Waals surface area contributed by atoms with Gasteiger partial charge in [-0.25, -0.2) is 4.85 Å². The fourth-order valence-corrected chi connectivity index (χ4v) is 1.12. The summed E-state index contributed by atoms with van der Waals surface area (Å²) in [5.74, 6) is 0.375. The van der Waals surface area contributed by atoms with Crippen molar-refractivity contribution in [3.8, 4) is 0 Å². The summed E-state index contributed by atoms with van der Waals surface area (Å²) >= 11 is 0. The van der Waals surface area contributed by atoms with E-state index in [4.69, 9.17) is 6.57 Å². The summed E-state index contributed by atoms with van der Waals surface area (Å²) in [6.07, 6.45) is 0. The number of rotatable bonds is 2. The summed E-state index contributed by atoms with van der Waals surface area (Å²) in [6, 6.07) is 7.68. The maximum Gasteiger partial charge on any atom is 0.187 e. The van der Waals surface area contributed by atoms with E-state index in [1.807, 2.05) is 31.2 Å². The Morgan fingerprint density at radius 3 is 2.31 bits per heavy atom. The van der Waals surface area contributed by atoms with E-state index in [0.29, 0.717) is 11.6 Å². The Kier molecular flexibility index (Phi) is 2.87. The molecule has 0 aliphatic carbocycles. The molecule has 0 aliphatic rings. The second-order valence-electron chi connectivity index (χ2n) is 3.27. The molecule has 0 fully saturated rings. The van der Waals surface area contributed by atoms with E-state index in [2.05, 4.69) is 18.3 Å². The molecule has 66 valence electrons. The Morgan fingerprint density at radius 2 is 1.92 bits per heavy atom. The van der Waals surface area contributed by atoms with E-state index in [9.17, 15) is 0 Å². The molecule has 0 bridgehead atoms. The van der Waals surface area contributed by atoms with Crippen molar-refractivity contribution in [3.05, 3.63) is 53.4 Å². The topological polar surface area (TPSA) is 4.36 Å². The minimum absolute atomic E-state index is 0.375. The monoisotopic (exact) mass is 171 g/mol. The van der Waals surface area contributed by atoms with E-state index < -0.39 is 0 Å². The van der Waals surface area contributed by atoms with E-state index in [1.165, 1.54) is 5.56 Å². The van der Waals surface area contributed by atoms with Gasteiger partial charge in [-0.05, 0) is 12.5 Å². The molecule has 0 amide bonds. The van der Waals surface area contributed by atoms with E-state index in [1.54, 1.807) is 0 Å². The molecule has 0 saturated heterocycles. The molecule has 0 spiro atoms. The van der Waals surface area contributed by atoms with Crippen molar-refractivity contribution >= 4 is 5.69 Å². The molecule has 0 N–H and O–H groups in total. The third kappa shape index (κ3) is 2.19. The Labute approximate surface area is 79.5 Å². The van der Waals surface area contributed by atoms with Crippen LogP contribution in [0, 0.1) is 6.57 Å². The number of hydrogen-bond acceptors (Lipinski definition) is 0. The van der Waals surface area contributed by atoms with Gasteiger partial charge in [0, 0.05) is 5.92 Å². The molecule has 1 atom stereocenters. The van der Waals surface area contributed by atoms with Crippen molar-refractivity contribution in [2.45, 2.75) is 19.8 Å². The number of benzene rings is 1. The van der Waals surface area contributed by atoms with Crippen LogP contribution in [0.15, 0.2) is 36.4 Å². The van der Waals surface area contributed by atoms with Crippen molar-refractivity contribution in [1.82, 2.24) is 0 Å². The minimum atomic E-state index is 0.375. The van der Waals surface area contributed by atoms with Gasteiger partial charge in [-0.3, -0.25) is 0 Å². The second kappa shape index (κ2) is 3.91. The van der Waals surface area contributed by atoms with E-state index in [-0.39, 0.29) is 0 Å². The van der Waals surface area contributed by atoms with E-state index >= 15 is 0 Å². The molecule has 0 aromatic heterocycles. The lowest BCUT2D eigenvalue weighted by Gasteiger charge is -2.10. The predicted octanol–water partition coefficient (Wildman–Crippen LogP) is 3.92. The lowest BCUT2D eigenvalue weighted by atomic mass is 9.95. The van der Waals surface area contributed by atoms with Crippen LogP contribution in [-0.2, 0) is 0 Å². The Balaban J connectivity index is 2.93. The third-order valence-corrected chi connectivity index (χ3v) is 2.26. The van der Waals surface area contributed by atoms with Crippen LogP contribution in [0.25, 0.3) is 4.85 Å². The average molecular weight is 171 g/mol. The first kappa shape index (κ1) is 9.54. The Morgan fingerprint density at radius 1 is 1.38 bits per heavy atom. The van der Waals surface area contributed by atoms with Crippen LogP contribution in [0.2, 0.25) is 0 Å². The fourth-order valence-electron chi connectivity index (χ4n) is 1.12. The minimum Gasteiger partial charge on any atom is -0.238 e. The van der Waals surface area contributed by atoms with Crippen LogP contribution in [0.5, 0.6) is 0 Å². The zero-order valence-corrected chi connectivity index (χ0v) is 8.04. The van der Waals surface area contributed by atoms with Crippen LogP contribution < -0.4 is 0 Å². The summed E-state index contributed by atoms with van der Waals surface area (Å²) in [7, 11) is 0. The molecule has 0 heterocycles. The molecule has 1 unspecified atom stereocenters. The highest BCUT2D eigenvalue weighted by atomic mass is 14.6. The molecular formula is C12H13N. The molecule has 1 aromatic carbocycles. The first-order valence-electron chi connectivity index (χ1n) is 4.28. The summed E-state index contributed by atoms with van der Waals surface area (Å²) in [4.78, 5) is 3.34. The highest BCUT2D eigenvalue weighted by Crippen LogP contribution is 2.24. The van der Waals surface area contributed by atoms with Crippen molar-refractivity contribution < 1.29 is 0 Å². The predicted molar refractivity (Wildman–Crippen MR) is 55.9 cm³/mol. The quantitative estimate of drug-likeness (QED) is 0.469. The van der Waals surface area contributed by atoms with Gasteiger partial charge in [0.05, 0.1) is 6.57 Å². The molecule has 0 radical (unpaired) electrons. The van der Waals surface area contributed by atoms with Crippen LogP contribution in [0.4, 0.5) is 5.69 Å². The summed E-state index contributed by atoms with van der Waals surface area (Å²) in [6.45, 7) is 14.9. The van der Waals surface area contributed by atoms with Crippen LogP contribution in [0.1, 0.15) is 25.3 Å². The van der Waals surface area contributed by atoms with Crippen LogP contribution in [0.3, 0.4) is 0 Å². The molecule has 1 nitrogen and oxygen atoms in total. The first-order valence-corrected chi connectivity index (χ1v) is 4.28.